The Balaban J connectivity index is 2.10. The Hall–Kier alpha value is -0.780. The molecule has 0 spiro atoms. The third-order valence-electron chi connectivity index (χ3n) is 4.80. The zero-order chi connectivity index (χ0) is 22.1. The lowest BCUT2D eigenvalue weighted by Gasteiger charge is -2.27. The molecule has 0 radical (unpaired) electrons. The summed E-state index contributed by atoms with van der Waals surface area (Å²) in [6, 6.07) is 11.8. The van der Waals surface area contributed by atoms with Gasteiger partial charge in [-0.1, -0.05) is 56.1 Å². The Kier molecular flexibility index (Phi) is 10.5. The number of ether oxygens (including phenoxy) is 2. The molecule has 0 aromatic heterocycles. The molecule has 0 aliphatic carbocycles. The number of aliphatic hydroxyl groups is 1. The summed E-state index contributed by atoms with van der Waals surface area (Å²) in [7, 11) is 0. The van der Waals surface area contributed by atoms with Crippen molar-refractivity contribution < 1.29 is 14.6 Å². The highest BCUT2D eigenvalue weighted by Gasteiger charge is 2.26. The molecular weight excluding hydrogens is 463 g/mol. The zero-order valence-electron chi connectivity index (χ0n) is 17.6. The molecule has 2 rings (SSSR count). The van der Waals surface area contributed by atoms with E-state index in [4.69, 9.17) is 44.3 Å². The molecule has 7 heteroatoms. The van der Waals surface area contributed by atoms with Crippen LogP contribution >= 0.6 is 46.6 Å². The van der Waals surface area contributed by atoms with Crippen LogP contribution in [0, 0.1) is 0 Å². The summed E-state index contributed by atoms with van der Waals surface area (Å²) in [4.78, 5) is 0. The molecule has 2 aromatic carbocycles. The molecule has 1 unspecified atom stereocenters. The van der Waals surface area contributed by atoms with Crippen molar-refractivity contribution in [3.05, 3.63) is 57.6 Å². The number of benzene rings is 2. The van der Waals surface area contributed by atoms with E-state index >= 15 is 0 Å². The third-order valence-corrected chi connectivity index (χ3v) is 6.70. The van der Waals surface area contributed by atoms with E-state index in [9.17, 15) is 5.11 Å². The van der Waals surface area contributed by atoms with E-state index in [1.165, 1.54) is 0 Å². The summed E-state index contributed by atoms with van der Waals surface area (Å²) in [5.41, 5.74) is 1.76. The average Bonchev–Trinajstić information content (AvgIpc) is 2.73. The monoisotopic (exact) mass is 490 g/mol. The van der Waals surface area contributed by atoms with Crippen molar-refractivity contribution in [3.8, 4) is 11.5 Å². The van der Waals surface area contributed by atoms with Gasteiger partial charge in [-0.25, -0.2) is 0 Å². The molecule has 0 amide bonds. The third kappa shape index (κ3) is 7.13. The van der Waals surface area contributed by atoms with Gasteiger partial charge >= 0.3 is 0 Å². The number of hydrogen-bond acceptors (Lipinski definition) is 4. The largest absolute Gasteiger partial charge is 0.494 e. The molecule has 0 saturated carbocycles. The lowest BCUT2D eigenvalue weighted by atomic mass is 9.78. The van der Waals surface area contributed by atoms with Gasteiger partial charge in [-0.05, 0) is 53.3 Å². The first-order valence-corrected chi connectivity index (χ1v) is 12.4. The fourth-order valence-corrected chi connectivity index (χ4v) is 4.21. The van der Waals surface area contributed by atoms with Crippen molar-refractivity contribution in [2.24, 2.45) is 0 Å². The van der Waals surface area contributed by atoms with Gasteiger partial charge in [0.25, 0.3) is 0 Å². The van der Waals surface area contributed by atoms with Gasteiger partial charge in [0.05, 0.1) is 22.5 Å². The Morgan fingerprint density at radius 2 is 1.67 bits per heavy atom. The quantitative estimate of drug-likeness (QED) is 0.261. The molecule has 2 aromatic rings. The Labute approximate surface area is 199 Å². The van der Waals surface area contributed by atoms with E-state index < -0.39 is 6.10 Å². The summed E-state index contributed by atoms with van der Waals surface area (Å²) in [6.07, 6.45) is 0.264. The van der Waals surface area contributed by atoms with Gasteiger partial charge in [0.1, 0.15) is 18.5 Å². The Morgan fingerprint density at radius 3 is 2.23 bits per heavy atom. The van der Waals surface area contributed by atoms with Crippen LogP contribution in [0.5, 0.6) is 11.5 Å². The van der Waals surface area contributed by atoms with Gasteiger partial charge in [0.2, 0.25) is 0 Å². The van der Waals surface area contributed by atoms with Crippen molar-refractivity contribution in [2.75, 3.05) is 30.6 Å². The van der Waals surface area contributed by atoms with E-state index in [0.29, 0.717) is 15.8 Å². The Bertz CT molecular complexity index is 774. The summed E-state index contributed by atoms with van der Waals surface area (Å²) in [5.74, 6) is 3.56. The predicted molar refractivity (Wildman–Crippen MR) is 130 cm³/mol. The van der Waals surface area contributed by atoms with Crippen LogP contribution in [0.1, 0.15) is 38.3 Å². The predicted octanol–water partition coefficient (Wildman–Crippen LogP) is 6.82. The SMILES string of the molecule is CCSCCCOc1ccc(C(C)(C)c2cc(Cl)c(OCC(O)CCl)c(Cl)c2)cc1. The van der Waals surface area contributed by atoms with Crippen LogP contribution in [0.15, 0.2) is 36.4 Å². The topological polar surface area (TPSA) is 38.7 Å². The average molecular weight is 492 g/mol. The van der Waals surface area contributed by atoms with Crippen LogP contribution < -0.4 is 9.47 Å². The second-order valence-electron chi connectivity index (χ2n) is 7.44. The first-order valence-electron chi connectivity index (χ1n) is 9.97. The van der Waals surface area contributed by atoms with Crippen molar-refractivity contribution in [1.82, 2.24) is 0 Å². The highest BCUT2D eigenvalue weighted by molar-refractivity contribution is 7.99. The van der Waals surface area contributed by atoms with Crippen LogP contribution in [-0.4, -0.2) is 41.8 Å². The van der Waals surface area contributed by atoms with Crippen molar-refractivity contribution in [3.63, 3.8) is 0 Å². The molecule has 0 aliphatic heterocycles. The molecule has 0 heterocycles. The second kappa shape index (κ2) is 12.3. The number of alkyl halides is 1. The van der Waals surface area contributed by atoms with Crippen molar-refractivity contribution in [2.45, 2.75) is 38.7 Å². The highest BCUT2D eigenvalue weighted by atomic mass is 35.5. The molecule has 3 nitrogen and oxygen atoms in total. The molecule has 0 saturated heterocycles. The van der Waals surface area contributed by atoms with E-state index in [-0.39, 0.29) is 17.9 Å². The van der Waals surface area contributed by atoms with Gasteiger partial charge < -0.3 is 14.6 Å². The van der Waals surface area contributed by atoms with E-state index in [0.717, 1.165) is 41.4 Å². The number of thioether (sulfide) groups is 1. The lowest BCUT2D eigenvalue weighted by molar-refractivity contribution is 0.125. The second-order valence-corrected chi connectivity index (χ2v) is 9.95. The molecule has 30 heavy (non-hydrogen) atoms. The van der Waals surface area contributed by atoms with Crippen LogP contribution in [0.25, 0.3) is 0 Å². The summed E-state index contributed by atoms with van der Waals surface area (Å²) >= 11 is 20.4. The van der Waals surface area contributed by atoms with Crippen LogP contribution in [0.4, 0.5) is 0 Å². The maximum Gasteiger partial charge on any atom is 0.156 e. The van der Waals surface area contributed by atoms with Gasteiger partial charge in [0, 0.05) is 5.41 Å². The lowest BCUT2D eigenvalue weighted by Crippen LogP contribution is -2.20. The maximum atomic E-state index is 9.59. The van der Waals surface area contributed by atoms with Crippen LogP contribution in [0.3, 0.4) is 0 Å². The van der Waals surface area contributed by atoms with Crippen molar-refractivity contribution in [1.29, 1.82) is 0 Å². The zero-order valence-corrected chi connectivity index (χ0v) is 20.7. The summed E-state index contributed by atoms with van der Waals surface area (Å²) < 4.78 is 11.4. The number of halogens is 3. The minimum Gasteiger partial charge on any atom is -0.494 e. The van der Waals surface area contributed by atoms with E-state index in [1.54, 1.807) is 0 Å². The van der Waals surface area contributed by atoms with Crippen molar-refractivity contribution >= 4 is 46.6 Å². The fraction of sp³-hybridized carbons (Fsp3) is 0.478. The maximum absolute atomic E-state index is 9.59. The number of aliphatic hydroxyl groups excluding tert-OH is 1. The molecule has 1 N–H and O–H groups in total. The van der Waals surface area contributed by atoms with Crippen LogP contribution in [-0.2, 0) is 5.41 Å². The molecule has 1 atom stereocenters. The number of rotatable bonds is 12. The smallest absolute Gasteiger partial charge is 0.156 e. The van der Waals surface area contributed by atoms with Crippen LogP contribution in [0.2, 0.25) is 10.0 Å². The molecule has 0 aliphatic rings. The molecular formula is C23H29Cl3O3S. The first kappa shape index (κ1) is 25.5. The summed E-state index contributed by atoms with van der Waals surface area (Å²) in [6.45, 7) is 7.15. The molecule has 0 bridgehead atoms. The summed E-state index contributed by atoms with van der Waals surface area (Å²) in [5, 5.41) is 10.4. The van der Waals surface area contributed by atoms with Gasteiger partial charge in [-0.2, -0.15) is 11.8 Å². The van der Waals surface area contributed by atoms with E-state index in [1.807, 2.05) is 36.0 Å². The molecule has 166 valence electrons. The van der Waals surface area contributed by atoms with Gasteiger partial charge in [0.15, 0.2) is 5.75 Å². The standard InChI is InChI=1S/C23H29Cl3O3S/c1-4-30-11-5-10-28-19-8-6-16(7-9-19)23(2,3)17-12-20(25)22(21(26)13-17)29-15-18(27)14-24/h6-9,12-13,18,27H,4-5,10-11,14-15H2,1-3H3. The van der Waals surface area contributed by atoms with Gasteiger partial charge in [-0.3, -0.25) is 0 Å². The highest BCUT2D eigenvalue weighted by Crippen LogP contribution is 2.40. The Morgan fingerprint density at radius 1 is 1.03 bits per heavy atom. The minimum absolute atomic E-state index is 0.0320. The minimum atomic E-state index is -0.777. The molecule has 0 fully saturated rings. The normalized spacial score (nSPS) is 12.6. The van der Waals surface area contributed by atoms with E-state index in [2.05, 4.69) is 32.9 Å². The first-order chi connectivity index (χ1) is 14.3. The van der Waals surface area contributed by atoms with Gasteiger partial charge in [-0.15, -0.1) is 11.6 Å². The number of hydrogen-bond donors (Lipinski definition) is 1. The fourth-order valence-electron chi connectivity index (χ4n) is 2.91.